The molecule has 0 saturated heterocycles. The molecule has 0 saturated carbocycles. The predicted octanol–water partition coefficient (Wildman–Crippen LogP) is 2.96. The van der Waals surface area contributed by atoms with E-state index in [9.17, 15) is 8.42 Å². The van der Waals surface area contributed by atoms with E-state index in [-0.39, 0.29) is 10.6 Å². The van der Waals surface area contributed by atoms with Crippen molar-refractivity contribution >= 4 is 27.3 Å². The van der Waals surface area contributed by atoms with Crippen molar-refractivity contribution < 1.29 is 13.2 Å². The van der Waals surface area contributed by atoms with Gasteiger partial charge in [-0.1, -0.05) is 23.7 Å². The molecule has 0 spiro atoms. The molecule has 0 aromatic heterocycles. The predicted molar refractivity (Wildman–Crippen MR) is 83.3 cm³/mol. The highest BCUT2D eigenvalue weighted by atomic mass is 35.5. The Balaban J connectivity index is 2.44. The molecule has 2 aromatic carbocycles. The lowest BCUT2D eigenvalue weighted by molar-refractivity contribution is 0.481. The van der Waals surface area contributed by atoms with E-state index in [4.69, 9.17) is 22.1 Å². The second-order valence-corrected chi connectivity index (χ2v) is 7.08. The van der Waals surface area contributed by atoms with Crippen LogP contribution >= 0.6 is 11.6 Å². The van der Waals surface area contributed by atoms with Crippen LogP contribution in [0.15, 0.2) is 47.4 Å². The summed E-state index contributed by atoms with van der Waals surface area (Å²) in [4.78, 5) is 0.101. The number of rotatable bonds is 4. The fraction of sp³-hybridized carbons (Fsp3) is 0.143. The Bertz CT molecular complexity index is 761. The summed E-state index contributed by atoms with van der Waals surface area (Å²) in [6.45, 7) is 0. The second kappa shape index (κ2) is 5.93. The summed E-state index contributed by atoms with van der Waals surface area (Å²) in [5, 5.41) is 0.415. The third-order valence-corrected chi connectivity index (χ3v) is 4.94. The Hall–Kier alpha value is -1.76. The zero-order valence-electron chi connectivity index (χ0n) is 11.6. The number of para-hydroxylation sites is 1. The molecule has 0 amide bonds. The van der Waals surface area contributed by atoms with Gasteiger partial charge < -0.3 is 10.5 Å². The van der Waals surface area contributed by atoms with Crippen molar-refractivity contribution in [3.63, 3.8) is 0 Å². The number of sulfonamides is 1. The van der Waals surface area contributed by atoms with E-state index in [1.165, 1.54) is 32.3 Å². The van der Waals surface area contributed by atoms with Crippen LogP contribution in [0.1, 0.15) is 0 Å². The standard InChI is InChI=1S/C14H15ClN2O3S/c1-17(2)21(18,19)10-7-8-12(16)14(9-10)20-13-6-4-3-5-11(13)15/h3-9H,16H2,1-2H3. The number of ether oxygens (including phenoxy) is 1. The van der Waals surface area contributed by atoms with E-state index in [1.54, 1.807) is 24.3 Å². The molecule has 0 unspecified atom stereocenters. The molecule has 5 nitrogen and oxygen atoms in total. The second-order valence-electron chi connectivity index (χ2n) is 4.52. The van der Waals surface area contributed by atoms with Crippen molar-refractivity contribution in [2.45, 2.75) is 4.90 Å². The van der Waals surface area contributed by atoms with Gasteiger partial charge in [-0.2, -0.15) is 0 Å². The molecule has 0 bridgehead atoms. The van der Waals surface area contributed by atoms with Gasteiger partial charge in [-0.05, 0) is 24.3 Å². The average molecular weight is 327 g/mol. The first-order valence-electron chi connectivity index (χ1n) is 6.07. The number of nitrogens with two attached hydrogens (primary N) is 1. The van der Waals surface area contributed by atoms with Crippen molar-refractivity contribution in [3.8, 4) is 11.5 Å². The van der Waals surface area contributed by atoms with Gasteiger partial charge in [-0.15, -0.1) is 0 Å². The molecule has 0 atom stereocenters. The molecule has 2 rings (SSSR count). The summed E-state index contributed by atoms with van der Waals surface area (Å²) < 4.78 is 31.0. The summed E-state index contributed by atoms with van der Waals surface area (Å²) in [6.07, 6.45) is 0. The Kier molecular flexibility index (Phi) is 4.41. The van der Waals surface area contributed by atoms with Gasteiger partial charge in [0.15, 0.2) is 5.75 Å². The van der Waals surface area contributed by atoms with E-state index in [0.717, 1.165) is 4.31 Å². The summed E-state index contributed by atoms with van der Waals surface area (Å²) in [5.41, 5.74) is 6.16. The number of hydrogen-bond donors (Lipinski definition) is 1. The minimum Gasteiger partial charge on any atom is -0.454 e. The van der Waals surface area contributed by atoms with Gasteiger partial charge in [0.1, 0.15) is 5.75 Å². The van der Waals surface area contributed by atoms with Crippen LogP contribution in [0.3, 0.4) is 0 Å². The topological polar surface area (TPSA) is 72.6 Å². The Labute approximate surface area is 128 Å². The van der Waals surface area contributed by atoms with Crippen molar-refractivity contribution in [3.05, 3.63) is 47.5 Å². The van der Waals surface area contributed by atoms with Gasteiger partial charge in [0, 0.05) is 20.2 Å². The minimum absolute atomic E-state index is 0.101. The van der Waals surface area contributed by atoms with Crippen LogP contribution in [0, 0.1) is 0 Å². The van der Waals surface area contributed by atoms with E-state index in [1.807, 2.05) is 0 Å². The molecular formula is C14H15ClN2O3S. The molecule has 0 aliphatic carbocycles. The number of hydrogen-bond acceptors (Lipinski definition) is 4. The first-order chi connectivity index (χ1) is 9.82. The van der Waals surface area contributed by atoms with Gasteiger partial charge in [0.05, 0.1) is 15.6 Å². The maximum atomic E-state index is 12.1. The number of nitrogens with zero attached hydrogens (tertiary/aromatic N) is 1. The van der Waals surface area contributed by atoms with Gasteiger partial charge in [0.25, 0.3) is 0 Å². The van der Waals surface area contributed by atoms with Crippen LogP contribution in [0.2, 0.25) is 5.02 Å². The molecule has 2 aromatic rings. The zero-order valence-corrected chi connectivity index (χ0v) is 13.1. The summed E-state index contributed by atoms with van der Waals surface area (Å²) in [7, 11) is -0.637. The van der Waals surface area contributed by atoms with Crippen LogP contribution in [0.5, 0.6) is 11.5 Å². The number of anilines is 1. The monoisotopic (exact) mass is 326 g/mol. The fourth-order valence-corrected chi connectivity index (χ4v) is 2.71. The van der Waals surface area contributed by atoms with Crippen LogP contribution in [0.4, 0.5) is 5.69 Å². The minimum atomic E-state index is -3.55. The third kappa shape index (κ3) is 3.29. The highest BCUT2D eigenvalue weighted by Gasteiger charge is 2.19. The van der Waals surface area contributed by atoms with Crippen molar-refractivity contribution in [2.75, 3.05) is 19.8 Å². The smallest absolute Gasteiger partial charge is 0.242 e. The molecule has 0 aliphatic rings. The lowest BCUT2D eigenvalue weighted by atomic mass is 10.3. The highest BCUT2D eigenvalue weighted by molar-refractivity contribution is 7.89. The maximum absolute atomic E-state index is 12.1. The van der Waals surface area contributed by atoms with Crippen LogP contribution in [-0.2, 0) is 10.0 Å². The van der Waals surface area contributed by atoms with Crippen molar-refractivity contribution in [2.24, 2.45) is 0 Å². The van der Waals surface area contributed by atoms with E-state index < -0.39 is 10.0 Å². The lowest BCUT2D eigenvalue weighted by Crippen LogP contribution is -2.22. The lowest BCUT2D eigenvalue weighted by Gasteiger charge is -2.14. The summed E-state index contributed by atoms with van der Waals surface area (Å²) in [6, 6.07) is 11.2. The molecular weight excluding hydrogens is 312 g/mol. The highest BCUT2D eigenvalue weighted by Crippen LogP contribution is 2.34. The first-order valence-corrected chi connectivity index (χ1v) is 7.88. The maximum Gasteiger partial charge on any atom is 0.242 e. The van der Waals surface area contributed by atoms with E-state index in [0.29, 0.717) is 16.5 Å². The Morgan fingerprint density at radius 3 is 2.38 bits per heavy atom. The van der Waals surface area contributed by atoms with Gasteiger partial charge in [-0.25, -0.2) is 12.7 Å². The number of halogens is 1. The molecule has 0 fully saturated rings. The van der Waals surface area contributed by atoms with Crippen LogP contribution in [0.25, 0.3) is 0 Å². The molecule has 21 heavy (non-hydrogen) atoms. The fourth-order valence-electron chi connectivity index (χ4n) is 1.62. The van der Waals surface area contributed by atoms with Crippen LogP contribution < -0.4 is 10.5 Å². The summed E-state index contributed by atoms with van der Waals surface area (Å²) >= 11 is 6.01. The normalized spacial score (nSPS) is 11.6. The van der Waals surface area contributed by atoms with E-state index in [2.05, 4.69) is 0 Å². The zero-order chi connectivity index (χ0) is 15.6. The first kappa shape index (κ1) is 15.6. The van der Waals surface area contributed by atoms with Crippen LogP contribution in [-0.4, -0.2) is 26.8 Å². The van der Waals surface area contributed by atoms with Gasteiger partial charge in [0.2, 0.25) is 10.0 Å². The molecule has 0 aliphatic heterocycles. The Morgan fingerprint density at radius 2 is 1.76 bits per heavy atom. The number of benzene rings is 2. The van der Waals surface area contributed by atoms with Gasteiger partial charge in [-0.3, -0.25) is 0 Å². The molecule has 112 valence electrons. The average Bonchev–Trinajstić information content (AvgIpc) is 2.43. The molecule has 0 heterocycles. The SMILES string of the molecule is CN(C)S(=O)(=O)c1ccc(N)c(Oc2ccccc2Cl)c1. The molecule has 2 N–H and O–H groups in total. The van der Waals surface area contributed by atoms with E-state index >= 15 is 0 Å². The third-order valence-electron chi connectivity index (χ3n) is 2.82. The Morgan fingerprint density at radius 1 is 1.10 bits per heavy atom. The largest absolute Gasteiger partial charge is 0.454 e. The summed E-state index contributed by atoms with van der Waals surface area (Å²) in [5.74, 6) is 0.649. The van der Waals surface area contributed by atoms with Crippen molar-refractivity contribution in [1.29, 1.82) is 0 Å². The molecule has 0 radical (unpaired) electrons. The van der Waals surface area contributed by atoms with Crippen molar-refractivity contribution in [1.82, 2.24) is 4.31 Å². The number of nitrogen functional groups attached to an aromatic ring is 1. The quantitative estimate of drug-likeness (QED) is 0.877. The molecule has 7 heteroatoms. The van der Waals surface area contributed by atoms with Gasteiger partial charge >= 0.3 is 0 Å².